The third kappa shape index (κ3) is 4.94. The monoisotopic (exact) mass is 252 g/mol. The fourth-order valence-corrected chi connectivity index (χ4v) is 3.68. The second kappa shape index (κ2) is 7.56. The third-order valence-electron chi connectivity index (χ3n) is 5.51. The molecule has 1 aliphatic carbocycles. The molecular weight excluding hydrogens is 216 g/mol. The average Bonchev–Trinajstić information content (AvgIpc) is 2.21. The Morgan fingerprint density at radius 2 is 1.72 bits per heavy atom. The van der Waals surface area contributed by atoms with Crippen LogP contribution in [-0.4, -0.2) is 0 Å². The molecule has 2 atom stereocenters. The van der Waals surface area contributed by atoms with Crippen LogP contribution in [0.2, 0.25) is 0 Å². The lowest BCUT2D eigenvalue weighted by Crippen LogP contribution is -2.33. The number of rotatable bonds is 9. The maximum Gasteiger partial charge on any atom is -0.0323 e. The van der Waals surface area contributed by atoms with Crippen molar-refractivity contribution in [1.82, 2.24) is 0 Å². The Morgan fingerprint density at radius 3 is 2.22 bits per heavy atom. The van der Waals surface area contributed by atoms with Crippen LogP contribution >= 0.6 is 0 Å². The zero-order chi connectivity index (χ0) is 13.6. The molecule has 1 aliphatic rings. The summed E-state index contributed by atoms with van der Waals surface area (Å²) in [5, 5.41) is 0. The van der Waals surface area contributed by atoms with E-state index in [1.165, 1.54) is 57.8 Å². The molecule has 0 bridgehead atoms. The van der Waals surface area contributed by atoms with Gasteiger partial charge in [0.05, 0.1) is 0 Å². The quantitative estimate of drug-likeness (QED) is 0.414. The van der Waals surface area contributed by atoms with Gasteiger partial charge in [0.15, 0.2) is 0 Å². The fourth-order valence-electron chi connectivity index (χ4n) is 3.68. The first-order valence-electron chi connectivity index (χ1n) is 8.47. The van der Waals surface area contributed by atoms with Gasteiger partial charge in [-0.05, 0) is 29.6 Å². The molecule has 18 heavy (non-hydrogen) atoms. The van der Waals surface area contributed by atoms with E-state index in [9.17, 15) is 0 Å². The molecule has 0 aromatic rings. The normalized spacial score (nSPS) is 20.5. The Balaban J connectivity index is 2.25. The smallest absolute Gasteiger partial charge is 0.0323 e. The zero-order valence-electron chi connectivity index (χ0n) is 13.6. The SMILES string of the molecule is CCCCCCC(C)CC(C)(C)C(C)C1CCC1. The second-order valence-corrected chi connectivity index (χ2v) is 7.63. The first kappa shape index (κ1) is 16.1. The van der Waals surface area contributed by atoms with E-state index in [2.05, 4.69) is 34.6 Å². The van der Waals surface area contributed by atoms with Gasteiger partial charge in [-0.15, -0.1) is 0 Å². The molecule has 1 fully saturated rings. The van der Waals surface area contributed by atoms with Crippen molar-refractivity contribution in [2.24, 2.45) is 23.2 Å². The Morgan fingerprint density at radius 1 is 1.06 bits per heavy atom. The lowest BCUT2D eigenvalue weighted by atomic mass is 9.63. The minimum atomic E-state index is 0.551. The summed E-state index contributed by atoms with van der Waals surface area (Å²) in [5.74, 6) is 2.87. The van der Waals surface area contributed by atoms with Gasteiger partial charge in [-0.25, -0.2) is 0 Å². The maximum atomic E-state index is 2.51. The standard InChI is InChI=1S/C18H36/c1-6-7-8-9-11-15(2)14-18(4,5)16(3)17-12-10-13-17/h15-17H,6-14H2,1-5H3. The number of hydrogen-bond acceptors (Lipinski definition) is 0. The average molecular weight is 252 g/mol. The summed E-state index contributed by atoms with van der Waals surface area (Å²) < 4.78 is 0. The van der Waals surface area contributed by atoms with E-state index in [1.54, 1.807) is 0 Å². The highest BCUT2D eigenvalue weighted by atomic mass is 14.4. The fraction of sp³-hybridized carbons (Fsp3) is 1.00. The van der Waals surface area contributed by atoms with Crippen LogP contribution in [0.25, 0.3) is 0 Å². The van der Waals surface area contributed by atoms with Gasteiger partial charge in [0, 0.05) is 0 Å². The van der Waals surface area contributed by atoms with Gasteiger partial charge in [0.25, 0.3) is 0 Å². The molecule has 0 heterocycles. The summed E-state index contributed by atoms with van der Waals surface area (Å²) in [6.45, 7) is 12.3. The molecule has 0 N–H and O–H groups in total. The van der Waals surface area contributed by atoms with E-state index >= 15 is 0 Å². The van der Waals surface area contributed by atoms with Crippen LogP contribution in [-0.2, 0) is 0 Å². The van der Waals surface area contributed by atoms with E-state index < -0.39 is 0 Å². The summed E-state index contributed by atoms with van der Waals surface area (Å²) in [5.41, 5.74) is 0.551. The van der Waals surface area contributed by atoms with Crippen molar-refractivity contribution < 1.29 is 0 Å². The van der Waals surface area contributed by atoms with Crippen LogP contribution in [0.3, 0.4) is 0 Å². The number of hydrogen-bond donors (Lipinski definition) is 0. The van der Waals surface area contributed by atoms with Crippen molar-refractivity contribution in [1.29, 1.82) is 0 Å². The molecule has 108 valence electrons. The van der Waals surface area contributed by atoms with Gasteiger partial charge < -0.3 is 0 Å². The van der Waals surface area contributed by atoms with Gasteiger partial charge in [0.2, 0.25) is 0 Å². The van der Waals surface area contributed by atoms with Crippen molar-refractivity contribution in [3.05, 3.63) is 0 Å². The Hall–Kier alpha value is 0. The summed E-state index contributed by atoms with van der Waals surface area (Å²) in [4.78, 5) is 0. The topological polar surface area (TPSA) is 0 Å². The first-order valence-corrected chi connectivity index (χ1v) is 8.47. The van der Waals surface area contributed by atoms with Crippen molar-refractivity contribution in [2.75, 3.05) is 0 Å². The Bertz CT molecular complexity index is 212. The summed E-state index contributed by atoms with van der Waals surface area (Å²) >= 11 is 0. The molecule has 0 radical (unpaired) electrons. The van der Waals surface area contributed by atoms with Crippen molar-refractivity contribution in [3.63, 3.8) is 0 Å². The number of unbranched alkanes of at least 4 members (excludes halogenated alkanes) is 3. The van der Waals surface area contributed by atoms with Crippen LogP contribution in [0, 0.1) is 23.2 Å². The molecular formula is C18H36. The highest BCUT2D eigenvalue weighted by molar-refractivity contribution is 4.85. The van der Waals surface area contributed by atoms with Gasteiger partial charge >= 0.3 is 0 Å². The molecule has 0 nitrogen and oxygen atoms in total. The van der Waals surface area contributed by atoms with Crippen LogP contribution in [0.5, 0.6) is 0 Å². The molecule has 0 heteroatoms. The van der Waals surface area contributed by atoms with E-state index in [0.29, 0.717) is 5.41 Å². The van der Waals surface area contributed by atoms with E-state index in [0.717, 1.165) is 17.8 Å². The molecule has 0 saturated heterocycles. The summed E-state index contributed by atoms with van der Waals surface area (Å²) in [6.07, 6.45) is 13.0. The molecule has 0 aromatic carbocycles. The van der Waals surface area contributed by atoms with Crippen molar-refractivity contribution >= 4 is 0 Å². The van der Waals surface area contributed by atoms with Crippen LogP contribution in [0.4, 0.5) is 0 Å². The van der Waals surface area contributed by atoms with Crippen molar-refractivity contribution in [3.8, 4) is 0 Å². The molecule has 2 unspecified atom stereocenters. The largest absolute Gasteiger partial charge is 0.0654 e. The minimum absolute atomic E-state index is 0.551. The molecule has 0 aliphatic heterocycles. The minimum Gasteiger partial charge on any atom is -0.0654 e. The lowest BCUT2D eigenvalue weighted by Gasteiger charge is -2.43. The maximum absolute atomic E-state index is 2.51. The van der Waals surface area contributed by atoms with E-state index in [-0.39, 0.29) is 0 Å². The van der Waals surface area contributed by atoms with Crippen LogP contribution in [0.15, 0.2) is 0 Å². The van der Waals surface area contributed by atoms with Gasteiger partial charge in [-0.3, -0.25) is 0 Å². The van der Waals surface area contributed by atoms with Crippen LogP contribution in [0.1, 0.15) is 92.4 Å². The van der Waals surface area contributed by atoms with Gasteiger partial charge in [-0.1, -0.05) is 86.0 Å². The molecule has 1 rings (SSSR count). The zero-order valence-corrected chi connectivity index (χ0v) is 13.6. The molecule has 0 spiro atoms. The second-order valence-electron chi connectivity index (χ2n) is 7.63. The third-order valence-corrected chi connectivity index (χ3v) is 5.51. The summed E-state index contributed by atoms with van der Waals surface area (Å²) in [6, 6.07) is 0. The Labute approximate surface area is 116 Å². The van der Waals surface area contributed by atoms with Crippen molar-refractivity contribution in [2.45, 2.75) is 92.4 Å². The first-order chi connectivity index (χ1) is 8.47. The Kier molecular flexibility index (Phi) is 6.74. The predicted molar refractivity (Wildman–Crippen MR) is 82.8 cm³/mol. The van der Waals surface area contributed by atoms with E-state index in [1.807, 2.05) is 0 Å². The van der Waals surface area contributed by atoms with Gasteiger partial charge in [0.1, 0.15) is 0 Å². The molecule has 1 saturated carbocycles. The summed E-state index contributed by atoms with van der Waals surface area (Å²) in [7, 11) is 0. The molecule has 0 amide bonds. The lowest BCUT2D eigenvalue weighted by molar-refractivity contribution is 0.0761. The highest BCUT2D eigenvalue weighted by Gasteiger charge is 2.35. The predicted octanol–water partition coefficient (Wildman–Crippen LogP) is 6.45. The van der Waals surface area contributed by atoms with E-state index in [4.69, 9.17) is 0 Å². The van der Waals surface area contributed by atoms with Gasteiger partial charge in [-0.2, -0.15) is 0 Å². The van der Waals surface area contributed by atoms with Crippen LogP contribution < -0.4 is 0 Å². The molecule has 0 aromatic heterocycles. The highest BCUT2D eigenvalue weighted by Crippen LogP contribution is 2.45.